The number of nitrogens with zero attached hydrogens (tertiary/aromatic N) is 3. The smallest absolute Gasteiger partial charge is 0.225 e. The average Bonchev–Trinajstić information content (AvgIpc) is 3.14. The first kappa shape index (κ1) is 18.5. The van der Waals surface area contributed by atoms with E-state index < -0.39 is 0 Å². The Morgan fingerprint density at radius 3 is 2.64 bits per heavy atom. The first-order valence-electron chi connectivity index (χ1n) is 9.76. The molecule has 2 heterocycles. The van der Waals surface area contributed by atoms with Crippen molar-refractivity contribution in [2.75, 3.05) is 32.2 Å². The molecular formula is C21H26N4O3. The molecule has 1 fully saturated rings. The molecule has 0 saturated carbocycles. The summed E-state index contributed by atoms with van der Waals surface area (Å²) in [5.41, 5.74) is 2.34. The summed E-state index contributed by atoms with van der Waals surface area (Å²) in [6.45, 7) is 1.54. The number of ether oxygens (including phenoxy) is 2. The second kappa shape index (κ2) is 8.04. The lowest BCUT2D eigenvalue weighted by atomic mass is 9.96. The molecule has 1 saturated heterocycles. The van der Waals surface area contributed by atoms with Crippen molar-refractivity contribution >= 4 is 11.9 Å². The number of methoxy groups -OCH3 is 2. The highest BCUT2D eigenvalue weighted by atomic mass is 16.5. The van der Waals surface area contributed by atoms with Crippen LogP contribution in [-0.2, 0) is 11.2 Å². The van der Waals surface area contributed by atoms with Crippen molar-refractivity contribution in [2.45, 2.75) is 31.7 Å². The quantitative estimate of drug-likeness (QED) is 0.856. The molecule has 0 spiro atoms. The van der Waals surface area contributed by atoms with Crippen molar-refractivity contribution in [2.24, 2.45) is 5.92 Å². The number of carbonyl (C=O) groups excluding carboxylic acids is 1. The minimum Gasteiger partial charge on any atom is -0.493 e. The number of hydrogen-bond acceptors (Lipinski definition) is 6. The Morgan fingerprint density at radius 1 is 1.14 bits per heavy atom. The Hall–Kier alpha value is -2.83. The van der Waals surface area contributed by atoms with E-state index in [1.54, 1.807) is 32.7 Å². The Morgan fingerprint density at radius 2 is 1.89 bits per heavy atom. The van der Waals surface area contributed by atoms with Crippen molar-refractivity contribution in [1.29, 1.82) is 0 Å². The van der Waals surface area contributed by atoms with Crippen molar-refractivity contribution in [3.63, 3.8) is 0 Å². The summed E-state index contributed by atoms with van der Waals surface area (Å²) in [5.74, 6) is 2.18. The fourth-order valence-electron chi connectivity index (χ4n) is 4.20. The van der Waals surface area contributed by atoms with Crippen LogP contribution in [0.15, 0.2) is 30.6 Å². The van der Waals surface area contributed by atoms with Crippen LogP contribution in [0.5, 0.6) is 11.5 Å². The summed E-state index contributed by atoms with van der Waals surface area (Å²) in [4.78, 5) is 23.7. The first-order valence-corrected chi connectivity index (χ1v) is 9.76. The lowest BCUT2D eigenvalue weighted by Gasteiger charge is -2.32. The fourth-order valence-corrected chi connectivity index (χ4v) is 4.20. The van der Waals surface area contributed by atoms with Gasteiger partial charge in [-0.25, -0.2) is 9.97 Å². The van der Waals surface area contributed by atoms with E-state index in [9.17, 15) is 4.79 Å². The van der Waals surface area contributed by atoms with E-state index in [1.807, 2.05) is 12.1 Å². The molecule has 7 heteroatoms. The van der Waals surface area contributed by atoms with Crippen LogP contribution in [-0.4, -0.2) is 43.2 Å². The molecule has 0 radical (unpaired) electrons. The zero-order valence-corrected chi connectivity index (χ0v) is 16.4. The van der Waals surface area contributed by atoms with Gasteiger partial charge in [0.1, 0.15) is 0 Å². The van der Waals surface area contributed by atoms with Gasteiger partial charge in [-0.15, -0.1) is 0 Å². The summed E-state index contributed by atoms with van der Waals surface area (Å²) in [6.07, 6.45) is 7.15. The molecule has 2 atom stereocenters. The van der Waals surface area contributed by atoms with Crippen LogP contribution in [0, 0.1) is 5.92 Å². The monoisotopic (exact) mass is 382 g/mol. The number of rotatable bonds is 5. The summed E-state index contributed by atoms with van der Waals surface area (Å²) in [5, 5.41) is 3.26. The van der Waals surface area contributed by atoms with Gasteiger partial charge in [-0.1, -0.05) is 0 Å². The number of piperidine rings is 1. The molecule has 1 amide bonds. The van der Waals surface area contributed by atoms with Crippen LogP contribution in [0.2, 0.25) is 0 Å². The largest absolute Gasteiger partial charge is 0.493 e. The summed E-state index contributed by atoms with van der Waals surface area (Å²) >= 11 is 0. The predicted octanol–water partition coefficient (Wildman–Crippen LogP) is 2.51. The van der Waals surface area contributed by atoms with E-state index in [0.717, 1.165) is 43.5 Å². The number of nitrogens with one attached hydrogen (secondary N) is 1. The molecule has 1 aromatic heterocycles. The maximum Gasteiger partial charge on any atom is 0.225 e. The van der Waals surface area contributed by atoms with E-state index in [0.29, 0.717) is 18.2 Å². The third-order valence-electron chi connectivity index (χ3n) is 5.67. The minimum absolute atomic E-state index is 0.0191. The molecule has 148 valence electrons. The fraction of sp³-hybridized carbons (Fsp3) is 0.476. The molecule has 1 N–H and O–H groups in total. The van der Waals surface area contributed by atoms with Crippen LogP contribution < -0.4 is 19.7 Å². The number of benzene rings is 1. The van der Waals surface area contributed by atoms with Gasteiger partial charge < -0.3 is 19.7 Å². The molecule has 1 aliphatic carbocycles. The van der Waals surface area contributed by atoms with Crippen molar-refractivity contribution < 1.29 is 14.3 Å². The van der Waals surface area contributed by atoms with Gasteiger partial charge in [-0.2, -0.15) is 0 Å². The summed E-state index contributed by atoms with van der Waals surface area (Å²) < 4.78 is 10.8. The zero-order chi connectivity index (χ0) is 19.5. The molecule has 7 nitrogen and oxygen atoms in total. The van der Waals surface area contributed by atoms with Gasteiger partial charge in [0, 0.05) is 25.5 Å². The number of anilines is 1. The molecule has 1 aromatic carbocycles. The van der Waals surface area contributed by atoms with Gasteiger partial charge in [0.2, 0.25) is 11.9 Å². The van der Waals surface area contributed by atoms with E-state index in [4.69, 9.17) is 9.47 Å². The molecule has 0 bridgehead atoms. The number of fused-ring (bicyclic) bond motifs is 1. The van der Waals surface area contributed by atoms with Gasteiger partial charge >= 0.3 is 0 Å². The molecule has 2 aromatic rings. The van der Waals surface area contributed by atoms with Crippen molar-refractivity contribution in [1.82, 2.24) is 15.3 Å². The number of aryl methyl sites for hydroxylation is 1. The number of amides is 1. The first-order chi connectivity index (χ1) is 13.7. The van der Waals surface area contributed by atoms with E-state index in [1.165, 1.54) is 5.56 Å². The van der Waals surface area contributed by atoms with Crippen LogP contribution in [0.1, 0.15) is 36.4 Å². The zero-order valence-electron chi connectivity index (χ0n) is 16.4. The Labute approximate surface area is 165 Å². The second-order valence-corrected chi connectivity index (χ2v) is 7.34. The Bertz CT molecular complexity index is 843. The molecule has 2 aliphatic rings. The van der Waals surface area contributed by atoms with Crippen LogP contribution >= 0.6 is 0 Å². The molecule has 1 aliphatic heterocycles. The predicted molar refractivity (Wildman–Crippen MR) is 106 cm³/mol. The standard InChI is InChI=1S/C21H26N4O3/c1-27-18-11-14-6-7-17(16(14)12-19(18)28-2)24-20(26)15-5-3-10-25(13-15)21-22-8-4-9-23-21/h4,8-9,11-12,15,17H,3,5-7,10,13H2,1-2H3,(H,24,26)/t15-,17-/m0/s1. The maximum atomic E-state index is 13.0. The van der Waals surface area contributed by atoms with Crippen molar-refractivity contribution in [3.8, 4) is 11.5 Å². The topological polar surface area (TPSA) is 76.6 Å². The lowest BCUT2D eigenvalue weighted by Crippen LogP contribution is -2.44. The number of hydrogen-bond donors (Lipinski definition) is 1. The van der Waals surface area contributed by atoms with Gasteiger partial charge in [0.15, 0.2) is 11.5 Å². The maximum absolute atomic E-state index is 13.0. The Kier molecular flexibility index (Phi) is 5.32. The lowest BCUT2D eigenvalue weighted by molar-refractivity contribution is -0.126. The van der Waals surface area contributed by atoms with Gasteiger partial charge in [0.05, 0.1) is 26.2 Å². The molecular weight excluding hydrogens is 356 g/mol. The number of carbonyl (C=O) groups is 1. The highest BCUT2D eigenvalue weighted by molar-refractivity contribution is 5.80. The SMILES string of the molecule is COc1cc2c(cc1OC)[C@@H](NC(=O)[C@H]1CCCN(c3ncccn3)C1)CC2. The number of aromatic nitrogens is 2. The third-order valence-corrected chi connectivity index (χ3v) is 5.67. The van der Waals surface area contributed by atoms with E-state index in [2.05, 4.69) is 20.2 Å². The highest BCUT2D eigenvalue weighted by Gasteiger charge is 2.31. The summed E-state index contributed by atoms with van der Waals surface area (Å²) in [7, 11) is 3.28. The average molecular weight is 382 g/mol. The molecule has 0 unspecified atom stereocenters. The van der Waals surface area contributed by atoms with Gasteiger partial charge in [0.25, 0.3) is 0 Å². The van der Waals surface area contributed by atoms with Crippen LogP contribution in [0.3, 0.4) is 0 Å². The summed E-state index contributed by atoms with van der Waals surface area (Å²) in [6, 6.07) is 5.84. The van der Waals surface area contributed by atoms with Gasteiger partial charge in [-0.05, 0) is 55.0 Å². The van der Waals surface area contributed by atoms with E-state index >= 15 is 0 Å². The molecule has 4 rings (SSSR count). The molecule has 28 heavy (non-hydrogen) atoms. The van der Waals surface area contributed by atoms with Crippen LogP contribution in [0.4, 0.5) is 5.95 Å². The minimum atomic E-state index is -0.0539. The van der Waals surface area contributed by atoms with Crippen LogP contribution in [0.25, 0.3) is 0 Å². The normalized spacial score (nSPS) is 21.1. The highest BCUT2D eigenvalue weighted by Crippen LogP contribution is 2.39. The Balaban J connectivity index is 1.45. The van der Waals surface area contributed by atoms with Gasteiger partial charge in [-0.3, -0.25) is 4.79 Å². The third kappa shape index (κ3) is 3.61. The van der Waals surface area contributed by atoms with E-state index in [-0.39, 0.29) is 17.9 Å². The second-order valence-electron chi connectivity index (χ2n) is 7.34. The van der Waals surface area contributed by atoms with Crippen molar-refractivity contribution in [3.05, 3.63) is 41.7 Å².